The maximum atomic E-state index is 12.5. The van der Waals surface area contributed by atoms with Crippen LogP contribution in [-0.4, -0.2) is 37.6 Å². The van der Waals surface area contributed by atoms with Crippen molar-refractivity contribution >= 4 is 5.91 Å². The molecule has 0 aromatic heterocycles. The summed E-state index contributed by atoms with van der Waals surface area (Å²) in [6.07, 6.45) is 5.53. The Hall–Kier alpha value is -1.08. The highest BCUT2D eigenvalue weighted by molar-refractivity contribution is 5.85. The number of piperidine rings is 1. The van der Waals surface area contributed by atoms with Gasteiger partial charge in [-0.25, -0.2) is 0 Å². The van der Waals surface area contributed by atoms with Crippen molar-refractivity contribution in [2.45, 2.75) is 38.5 Å². The van der Waals surface area contributed by atoms with Crippen molar-refractivity contribution in [2.75, 3.05) is 26.8 Å². The first-order valence-corrected chi connectivity index (χ1v) is 6.91. The minimum absolute atomic E-state index is 0.0818. The van der Waals surface area contributed by atoms with E-state index in [1.807, 2.05) is 4.90 Å². The maximum absolute atomic E-state index is 12.5. The van der Waals surface area contributed by atoms with Crippen molar-refractivity contribution in [2.24, 2.45) is 11.3 Å². The molecule has 100 valence electrons. The summed E-state index contributed by atoms with van der Waals surface area (Å²) >= 11 is 0. The number of hydrogen-bond donors (Lipinski definition) is 0. The first-order valence-electron chi connectivity index (χ1n) is 6.91. The molecule has 0 spiro atoms. The van der Waals surface area contributed by atoms with Crippen molar-refractivity contribution < 1.29 is 9.53 Å². The van der Waals surface area contributed by atoms with Gasteiger partial charge in [-0.3, -0.25) is 4.79 Å². The molecule has 1 amide bonds. The Balaban J connectivity index is 1.93. The van der Waals surface area contributed by atoms with Crippen molar-refractivity contribution in [3.8, 4) is 6.07 Å². The molecule has 1 saturated heterocycles. The van der Waals surface area contributed by atoms with Gasteiger partial charge >= 0.3 is 0 Å². The molecule has 0 unspecified atom stereocenters. The van der Waals surface area contributed by atoms with E-state index >= 15 is 0 Å². The van der Waals surface area contributed by atoms with Gasteiger partial charge in [-0.15, -0.1) is 0 Å². The maximum Gasteiger partial charge on any atom is 0.243 e. The molecule has 0 radical (unpaired) electrons. The number of hydrogen-bond acceptors (Lipinski definition) is 3. The minimum atomic E-state index is -0.700. The molecule has 1 heterocycles. The van der Waals surface area contributed by atoms with Gasteiger partial charge in [-0.1, -0.05) is 12.8 Å². The lowest BCUT2D eigenvalue weighted by molar-refractivity contribution is -0.140. The lowest BCUT2D eigenvalue weighted by atomic mass is 9.85. The summed E-state index contributed by atoms with van der Waals surface area (Å²) in [4.78, 5) is 14.4. The van der Waals surface area contributed by atoms with Gasteiger partial charge in [-0.05, 0) is 31.6 Å². The number of nitriles is 1. The van der Waals surface area contributed by atoms with Gasteiger partial charge < -0.3 is 9.64 Å². The van der Waals surface area contributed by atoms with Gasteiger partial charge in [0.15, 0.2) is 0 Å². The van der Waals surface area contributed by atoms with Crippen LogP contribution in [0.15, 0.2) is 0 Å². The number of carbonyl (C=O) groups excluding carboxylic acids is 1. The van der Waals surface area contributed by atoms with Gasteiger partial charge in [-0.2, -0.15) is 5.26 Å². The van der Waals surface area contributed by atoms with E-state index in [0.29, 0.717) is 5.92 Å². The Morgan fingerprint density at radius 1 is 1.39 bits per heavy atom. The topological polar surface area (TPSA) is 53.3 Å². The molecule has 2 aliphatic rings. The smallest absolute Gasteiger partial charge is 0.243 e. The highest BCUT2D eigenvalue weighted by atomic mass is 16.5. The summed E-state index contributed by atoms with van der Waals surface area (Å²) in [6.45, 7) is 2.36. The number of methoxy groups -OCH3 is 1. The zero-order chi connectivity index (χ0) is 13.0. The van der Waals surface area contributed by atoms with Crippen LogP contribution < -0.4 is 0 Å². The Labute approximate surface area is 109 Å². The van der Waals surface area contributed by atoms with Crippen LogP contribution in [0.25, 0.3) is 0 Å². The number of rotatable bonds is 3. The van der Waals surface area contributed by atoms with E-state index < -0.39 is 5.41 Å². The van der Waals surface area contributed by atoms with E-state index in [1.165, 1.54) is 0 Å². The quantitative estimate of drug-likeness (QED) is 0.769. The molecule has 1 saturated carbocycles. The molecular weight excluding hydrogens is 228 g/mol. The predicted molar refractivity (Wildman–Crippen MR) is 67.7 cm³/mol. The summed E-state index contributed by atoms with van der Waals surface area (Å²) in [5.41, 5.74) is -0.700. The zero-order valence-corrected chi connectivity index (χ0v) is 11.2. The largest absolute Gasteiger partial charge is 0.384 e. The summed E-state index contributed by atoms with van der Waals surface area (Å²) in [6, 6.07) is 2.29. The number of ether oxygens (including phenoxy) is 1. The van der Waals surface area contributed by atoms with E-state index in [9.17, 15) is 10.1 Å². The lowest BCUT2D eigenvalue weighted by Gasteiger charge is -2.35. The Bertz CT molecular complexity index is 334. The second-order valence-electron chi connectivity index (χ2n) is 5.59. The van der Waals surface area contributed by atoms with Crippen LogP contribution in [0.2, 0.25) is 0 Å². The molecule has 0 N–H and O–H groups in total. The predicted octanol–water partition coefficient (Wildman–Crippen LogP) is 1.96. The van der Waals surface area contributed by atoms with E-state index in [-0.39, 0.29) is 5.91 Å². The van der Waals surface area contributed by atoms with E-state index in [0.717, 1.165) is 58.2 Å². The first kappa shape index (κ1) is 13.4. The highest BCUT2D eigenvalue weighted by Crippen LogP contribution is 2.39. The number of amides is 1. The van der Waals surface area contributed by atoms with Crippen LogP contribution >= 0.6 is 0 Å². The molecule has 18 heavy (non-hydrogen) atoms. The normalized spacial score (nSPS) is 23.9. The third-order valence-electron chi connectivity index (χ3n) is 4.38. The highest BCUT2D eigenvalue weighted by Gasteiger charge is 2.44. The molecular formula is C14H22N2O2. The average molecular weight is 250 g/mol. The van der Waals surface area contributed by atoms with Gasteiger partial charge in [0.25, 0.3) is 0 Å². The fourth-order valence-corrected chi connectivity index (χ4v) is 3.19. The molecule has 4 heteroatoms. The van der Waals surface area contributed by atoms with Crippen molar-refractivity contribution in [3.63, 3.8) is 0 Å². The molecule has 0 atom stereocenters. The summed E-state index contributed by atoms with van der Waals surface area (Å²) < 4.78 is 5.16. The fourth-order valence-electron chi connectivity index (χ4n) is 3.19. The van der Waals surface area contributed by atoms with Crippen LogP contribution in [0, 0.1) is 22.7 Å². The summed E-state index contributed by atoms with van der Waals surface area (Å²) in [5.74, 6) is 0.652. The lowest BCUT2D eigenvalue weighted by Crippen LogP contribution is -2.46. The second-order valence-corrected chi connectivity index (χ2v) is 5.59. The summed E-state index contributed by atoms with van der Waals surface area (Å²) in [7, 11) is 1.72. The van der Waals surface area contributed by atoms with Crippen LogP contribution in [-0.2, 0) is 9.53 Å². The van der Waals surface area contributed by atoms with E-state index in [4.69, 9.17) is 4.74 Å². The van der Waals surface area contributed by atoms with Crippen LogP contribution in [0.5, 0.6) is 0 Å². The second kappa shape index (κ2) is 5.71. The molecule has 0 aromatic carbocycles. The number of nitrogens with zero attached hydrogens (tertiary/aromatic N) is 2. The Kier molecular flexibility index (Phi) is 4.23. The SMILES string of the molecule is COCC1CCN(C(=O)C2(C#N)CCCC2)CC1. The first-order chi connectivity index (χ1) is 8.72. The Morgan fingerprint density at radius 3 is 2.50 bits per heavy atom. The average Bonchev–Trinajstić information content (AvgIpc) is 2.89. The summed E-state index contributed by atoms with van der Waals surface area (Å²) in [5, 5.41) is 9.34. The number of likely N-dealkylation sites (tertiary alicyclic amines) is 1. The van der Waals surface area contributed by atoms with E-state index in [1.54, 1.807) is 7.11 Å². The van der Waals surface area contributed by atoms with Crippen molar-refractivity contribution in [1.82, 2.24) is 4.90 Å². The minimum Gasteiger partial charge on any atom is -0.384 e. The third-order valence-corrected chi connectivity index (χ3v) is 4.38. The molecule has 0 aromatic rings. The standard InChI is InChI=1S/C14H22N2O2/c1-18-10-12-4-8-16(9-5-12)13(17)14(11-15)6-2-3-7-14/h12H,2-10H2,1H3. The number of carbonyl (C=O) groups is 1. The molecule has 0 bridgehead atoms. The molecule has 1 aliphatic carbocycles. The zero-order valence-electron chi connectivity index (χ0n) is 11.2. The molecule has 1 aliphatic heterocycles. The van der Waals surface area contributed by atoms with Gasteiger partial charge in [0, 0.05) is 26.8 Å². The van der Waals surface area contributed by atoms with Crippen molar-refractivity contribution in [1.29, 1.82) is 5.26 Å². The van der Waals surface area contributed by atoms with E-state index in [2.05, 4.69) is 6.07 Å². The molecule has 4 nitrogen and oxygen atoms in total. The third kappa shape index (κ3) is 2.51. The van der Waals surface area contributed by atoms with Gasteiger partial charge in [0.05, 0.1) is 6.07 Å². The molecule has 2 rings (SSSR count). The Morgan fingerprint density at radius 2 is 2.00 bits per heavy atom. The van der Waals surface area contributed by atoms with Crippen LogP contribution in [0.3, 0.4) is 0 Å². The van der Waals surface area contributed by atoms with Crippen molar-refractivity contribution in [3.05, 3.63) is 0 Å². The fraction of sp³-hybridized carbons (Fsp3) is 0.857. The van der Waals surface area contributed by atoms with Crippen LogP contribution in [0.1, 0.15) is 38.5 Å². The molecule has 2 fully saturated rings. The van der Waals surface area contributed by atoms with Crippen LogP contribution in [0.4, 0.5) is 0 Å². The van der Waals surface area contributed by atoms with Gasteiger partial charge in [0.2, 0.25) is 5.91 Å². The monoisotopic (exact) mass is 250 g/mol. The van der Waals surface area contributed by atoms with Gasteiger partial charge in [0.1, 0.15) is 5.41 Å².